The fourth-order valence-electron chi connectivity index (χ4n) is 2.74. The van der Waals surface area contributed by atoms with Gasteiger partial charge in [0.2, 0.25) is 0 Å². The molecule has 0 amide bonds. The van der Waals surface area contributed by atoms with E-state index in [2.05, 4.69) is 5.32 Å². The number of nitrogens with one attached hydrogen (secondary N) is 1. The van der Waals surface area contributed by atoms with Crippen molar-refractivity contribution in [3.63, 3.8) is 0 Å². The standard InChI is InChI=1S/C15H24N2O3/c1-19-10-9-17-11-12(7-8-15(17)18)16-13-5-3-4-6-14(13)20-2/h7-8,11,13-14,16H,3-6,9-10H2,1-2H3. The number of hydrogen-bond acceptors (Lipinski definition) is 4. The van der Waals surface area contributed by atoms with Crippen LogP contribution in [0.15, 0.2) is 23.1 Å². The number of anilines is 1. The molecule has 1 fully saturated rings. The van der Waals surface area contributed by atoms with Crippen LogP contribution in [-0.2, 0) is 16.0 Å². The number of hydrogen-bond donors (Lipinski definition) is 1. The Morgan fingerprint density at radius 3 is 2.85 bits per heavy atom. The van der Waals surface area contributed by atoms with Crippen molar-refractivity contribution in [1.82, 2.24) is 4.57 Å². The summed E-state index contributed by atoms with van der Waals surface area (Å²) in [6.45, 7) is 1.11. The van der Waals surface area contributed by atoms with Gasteiger partial charge >= 0.3 is 0 Å². The first-order valence-corrected chi connectivity index (χ1v) is 7.23. The predicted molar refractivity (Wildman–Crippen MR) is 79.3 cm³/mol. The molecule has 0 saturated heterocycles. The van der Waals surface area contributed by atoms with Gasteiger partial charge in [0.1, 0.15) is 0 Å². The molecule has 1 aliphatic carbocycles. The average molecular weight is 280 g/mol. The maximum atomic E-state index is 11.7. The van der Waals surface area contributed by atoms with E-state index < -0.39 is 0 Å². The lowest BCUT2D eigenvalue weighted by Crippen LogP contribution is -2.38. The minimum Gasteiger partial charge on any atom is -0.383 e. The van der Waals surface area contributed by atoms with Gasteiger partial charge in [-0.05, 0) is 18.9 Å². The molecule has 0 spiro atoms. The van der Waals surface area contributed by atoms with E-state index in [-0.39, 0.29) is 11.7 Å². The van der Waals surface area contributed by atoms with E-state index in [0.717, 1.165) is 18.5 Å². The summed E-state index contributed by atoms with van der Waals surface area (Å²) in [7, 11) is 3.41. The summed E-state index contributed by atoms with van der Waals surface area (Å²) >= 11 is 0. The second-order valence-corrected chi connectivity index (χ2v) is 5.25. The molecule has 0 aliphatic heterocycles. The molecule has 1 saturated carbocycles. The minimum atomic E-state index is -0.000430. The van der Waals surface area contributed by atoms with Crippen LogP contribution in [0.4, 0.5) is 5.69 Å². The zero-order chi connectivity index (χ0) is 14.4. The molecule has 5 nitrogen and oxygen atoms in total. The number of rotatable bonds is 6. The fraction of sp³-hybridized carbons (Fsp3) is 0.667. The van der Waals surface area contributed by atoms with Crippen LogP contribution >= 0.6 is 0 Å². The van der Waals surface area contributed by atoms with Crippen molar-refractivity contribution in [1.29, 1.82) is 0 Å². The Morgan fingerprint density at radius 2 is 2.10 bits per heavy atom. The lowest BCUT2D eigenvalue weighted by atomic mass is 9.92. The molecule has 20 heavy (non-hydrogen) atoms. The van der Waals surface area contributed by atoms with Crippen LogP contribution in [0, 0.1) is 0 Å². The molecule has 2 atom stereocenters. The summed E-state index contributed by atoms with van der Waals surface area (Å²) in [6.07, 6.45) is 6.77. The van der Waals surface area contributed by atoms with Crippen LogP contribution in [0.3, 0.4) is 0 Å². The van der Waals surface area contributed by atoms with E-state index in [4.69, 9.17) is 9.47 Å². The molecule has 2 unspecified atom stereocenters. The van der Waals surface area contributed by atoms with Crippen LogP contribution in [0.25, 0.3) is 0 Å². The first kappa shape index (κ1) is 15.1. The molecule has 0 aromatic carbocycles. The third kappa shape index (κ3) is 3.84. The van der Waals surface area contributed by atoms with Crippen molar-refractivity contribution >= 4 is 5.69 Å². The summed E-state index contributed by atoms with van der Waals surface area (Å²) in [5.41, 5.74) is 0.967. The molecule has 112 valence electrons. The van der Waals surface area contributed by atoms with Crippen LogP contribution in [0.2, 0.25) is 0 Å². The lowest BCUT2D eigenvalue weighted by molar-refractivity contribution is 0.0606. The Bertz CT molecular complexity index is 472. The number of methoxy groups -OCH3 is 2. The van der Waals surface area contributed by atoms with Gasteiger partial charge in [-0.1, -0.05) is 12.8 Å². The molecule has 0 bridgehead atoms. The van der Waals surface area contributed by atoms with Crippen LogP contribution < -0.4 is 10.9 Å². The van der Waals surface area contributed by atoms with Gasteiger partial charge in [0.25, 0.3) is 5.56 Å². The normalized spacial score (nSPS) is 22.7. The molecule has 1 aromatic heterocycles. The summed E-state index contributed by atoms with van der Waals surface area (Å²) < 4.78 is 12.2. The smallest absolute Gasteiger partial charge is 0.250 e. The Hall–Kier alpha value is -1.33. The predicted octanol–water partition coefficient (Wildman–Crippen LogP) is 1.86. The van der Waals surface area contributed by atoms with E-state index in [9.17, 15) is 4.79 Å². The van der Waals surface area contributed by atoms with Crippen molar-refractivity contribution < 1.29 is 9.47 Å². The van der Waals surface area contributed by atoms with Crippen molar-refractivity contribution in [2.75, 3.05) is 26.1 Å². The second-order valence-electron chi connectivity index (χ2n) is 5.25. The Balaban J connectivity index is 2.06. The largest absolute Gasteiger partial charge is 0.383 e. The summed E-state index contributed by atoms with van der Waals surface area (Å²) in [6, 6.07) is 3.76. The monoisotopic (exact) mass is 280 g/mol. The molecule has 1 aromatic rings. The summed E-state index contributed by atoms with van der Waals surface area (Å²) in [5.74, 6) is 0. The highest BCUT2D eigenvalue weighted by molar-refractivity contribution is 5.41. The van der Waals surface area contributed by atoms with Gasteiger partial charge in [0, 0.05) is 33.0 Å². The zero-order valence-electron chi connectivity index (χ0n) is 12.3. The zero-order valence-corrected chi connectivity index (χ0v) is 12.3. The maximum absolute atomic E-state index is 11.7. The van der Waals surface area contributed by atoms with Crippen molar-refractivity contribution in [3.05, 3.63) is 28.7 Å². The molecular formula is C15H24N2O3. The summed E-state index contributed by atoms with van der Waals surface area (Å²) in [4.78, 5) is 11.7. The van der Waals surface area contributed by atoms with Crippen LogP contribution in [0.1, 0.15) is 25.7 Å². The fourth-order valence-corrected chi connectivity index (χ4v) is 2.74. The first-order chi connectivity index (χ1) is 9.74. The van der Waals surface area contributed by atoms with Crippen molar-refractivity contribution in [3.8, 4) is 0 Å². The average Bonchev–Trinajstić information content (AvgIpc) is 2.48. The highest BCUT2D eigenvalue weighted by atomic mass is 16.5. The number of aromatic nitrogens is 1. The van der Waals surface area contributed by atoms with Gasteiger partial charge in [-0.15, -0.1) is 0 Å². The Labute approximate surface area is 119 Å². The minimum absolute atomic E-state index is 0.000430. The highest BCUT2D eigenvalue weighted by Gasteiger charge is 2.24. The van der Waals surface area contributed by atoms with E-state index in [1.807, 2.05) is 12.3 Å². The highest BCUT2D eigenvalue weighted by Crippen LogP contribution is 2.23. The second kappa shape index (κ2) is 7.45. The molecule has 0 radical (unpaired) electrons. The van der Waals surface area contributed by atoms with Gasteiger partial charge in [0.05, 0.1) is 24.4 Å². The third-order valence-electron chi connectivity index (χ3n) is 3.88. The molecule has 1 aliphatic rings. The van der Waals surface area contributed by atoms with Gasteiger partial charge in [-0.2, -0.15) is 0 Å². The maximum Gasteiger partial charge on any atom is 0.250 e. The van der Waals surface area contributed by atoms with Crippen molar-refractivity contribution in [2.45, 2.75) is 44.4 Å². The first-order valence-electron chi connectivity index (χ1n) is 7.23. The molecular weight excluding hydrogens is 256 g/mol. The Morgan fingerprint density at radius 1 is 1.30 bits per heavy atom. The number of ether oxygens (including phenoxy) is 2. The lowest BCUT2D eigenvalue weighted by Gasteiger charge is -2.31. The van der Waals surface area contributed by atoms with E-state index >= 15 is 0 Å². The topological polar surface area (TPSA) is 52.5 Å². The summed E-state index contributed by atoms with van der Waals surface area (Å²) in [5, 5.41) is 3.50. The van der Waals surface area contributed by atoms with E-state index in [1.54, 1.807) is 24.9 Å². The SMILES string of the molecule is COCCn1cc(NC2CCCCC2OC)ccc1=O. The molecule has 1 N–H and O–H groups in total. The number of nitrogens with zero attached hydrogens (tertiary/aromatic N) is 1. The molecule has 5 heteroatoms. The van der Waals surface area contributed by atoms with Gasteiger partial charge in [0.15, 0.2) is 0 Å². The third-order valence-corrected chi connectivity index (χ3v) is 3.88. The molecule has 2 rings (SSSR count). The van der Waals surface area contributed by atoms with Crippen LogP contribution in [0.5, 0.6) is 0 Å². The van der Waals surface area contributed by atoms with Gasteiger partial charge < -0.3 is 19.4 Å². The van der Waals surface area contributed by atoms with Crippen LogP contribution in [-0.4, -0.2) is 37.5 Å². The van der Waals surface area contributed by atoms with Gasteiger partial charge in [-0.25, -0.2) is 0 Å². The Kier molecular flexibility index (Phi) is 5.61. The van der Waals surface area contributed by atoms with E-state index in [0.29, 0.717) is 19.2 Å². The van der Waals surface area contributed by atoms with E-state index in [1.165, 1.54) is 12.8 Å². The number of pyridine rings is 1. The van der Waals surface area contributed by atoms with Crippen molar-refractivity contribution in [2.24, 2.45) is 0 Å². The quantitative estimate of drug-likeness (QED) is 0.864. The molecule has 1 heterocycles. The van der Waals surface area contributed by atoms with Gasteiger partial charge in [-0.3, -0.25) is 4.79 Å².